The summed E-state index contributed by atoms with van der Waals surface area (Å²) < 4.78 is 12.8. The highest BCUT2D eigenvalue weighted by atomic mass is 19.1. The van der Waals surface area contributed by atoms with Crippen LogP contribution in [0, 0.1) is 19.7 Å². The molecule has 22 heavy (non-hydrogen) atoms. The summed E-state index contributed by atoms with van der Waals surface area (Å²) in [7, 11) is 0. The van der Waals surface area contributed by atoms with Gasteiger partial charge in [0.2, 0.25) is 0 Å². The Hall–Kier alpha value is -2.40. The van der Waals surface area contributed by atoms with Gasteiger partial charge in [0.1, 0.15) is 5.82 Å². The van der Waals surface area contributed by atoms with Gasteiger partial charge in [-0.3, -0.25) is 0 Å². The fraction of sp³-hybridized carbons (Fsp3) is 0.235. The molecule has 3 N–H and O–H groups in total. The van der Waals surface area contributed by atoms with E-state index in [9.17, 15) is 14.3 Å². The van der Waals surface area contributed by atoms with Crippen molar-refractivity contribution in [2.75, 3.05) is 11.9 Å². The van der Waals surface area contributed by atoms with E-state index in [0.29, 0.717) is 5.56 Å². The zero-order valence-electron chi connectivity index (χ0n) is 12.6. The highest BCUT2D eigenvalue weighted by Gasteiger charge is 2.10. The Bertz CT molecular complexity index is 656. The second-order valence-electron chi connectivity index (χ2n) is 5.22. The van der Waals surface area contributed by atoms with Crippen molar-refractivity contribution in [1.82, 2.24) is 5.32 Å². The van der Waals surface area contributed by atoms with Gasteiger partial charge in [-0.05, 0) is 43.2 Å². The summed E-state index contributed by atoms with van der Waals surface area (Å²) in [5, 5.41) is 15.3. The van der Waals surface area contributed by atoms with Crippen LogP contribution in [0.15, 0.2) is 42.5 Å². The van der Waals surface area contributed by atoms with Gasteiger partial charge in [0.05, 0.1) is 6.10 Å². The zero-order chi connectivity index (χ0) is 16.1. The van der Waals surface area contributed by atoms with E-state index in [1.165, 1.54) is 24.3 Å². The van der Waals surface area contributed by atoms with Crippen LogP contribution in [0.5, 0.6) is 0 Å². The maximum atomic E-state index is 12.8. The minimum absolute atomic E-state index is 0.0440. The number of urea groups is 1. The molecule has 0 fully saturated rings. The lowest BCUT2D eigenvalue weighted by atomic mass is 10.1. The Morgan fingerprint density at radius 1 is 1.18 bits per heavy atom. The topological polar surface area (TPSA) is 61.4 Å². The summed E-state index contributed by atoms with van der Waals surface area (Å²) in [6.07, 6.45) is -0.884. The number of aliphatic hydroxyl groups is 1. The molecule has 0 bridgehead atoms. The van der Waals surface area contributed by atoms with Crippen molar-refractivity contribution in [3.05, 3.63) is 65.0 Å². The van der Waals surface area contributed by atoms with Gasteiger partial charge in [0, 0.05) is 12.2 Å². The molecule has 5 heteroatoms. The molecule has 2 rings (SSSR count). The summed E-state index contributed by atoms with van der Waals surface area (Å²) in [5.74, 6) is -0.364. The number of aliphatic hydroxyl groups excluding tert-OH is 1. The Kier molecular flexibility index (Phi) is 5.12. The van der Waals surface area contributed by atoms with Gasteiger partial charge in [-0.2, -0.15) is 0 Å². The molecule has 0 heterocycles. The van der Waals surface area contributed by atoms with E-state index in [4.69, 9.17) is 0 Å². The predicted molar refractivity (Wildman–Crippen MR) is 84.3 cm³/mol. The number of nitrogens with one attached hydrogen (secondary N) is 2. The molecule has 4 nitrogen and oxygen atoms in total. The molecule has 0 spiro atoms. The summed E-state index contributed by atoms with van der Waals surface area (Å²) in [6.45, 7) is 3.94. The van der Waals surface area contributed by atoms with Crippen LogP contribution in [-0.4, -0.2) is 17.7 Å². The highest BCUT2D eigenvalue weighted by Crippen LogP contribution is 2.16. The number of hydrogen-bond acceptors (Lipinski definition) is 2. The van der Waals surface area contributed by atoms with E-state index < -0.39 is 12.1 Å². The van der Waals surface area contributed by atoms with Crippen molar-refractivity contribution in [3.63, 3.8) is 0 Å². The van der Waals surface area contributed by atoms with Crippen molar-refractivity contribution < 1.29 is 14.3 Å². The van der Waals surface area contributed by atoms with Crippen LogP contribution in [-0.2, 0) is 0 Å². The van der Waals surface area contributed by atoms with Gasteiger partial charge in [-0.25, -0.2) is 9.18 Å². The molecule has 2 aromatic rings. The first-order valence-corrected chi connectivity index (χ1v) is 7.01. The molecule has 0 radical (unpaired) electrons. The summed E-state index contributed by atoms with van der Waals surface area (Å²) in [5.41, 5.74) is 3.36. The number of carbonyl (C=O) groups is 1. The number of carbonyl (C=O) groups excluding carboxylic acids is 1. The molecular formula is C17H19FN2O2. The van der Waals surface area contributed by atoms with Crippen molar-refractivity contribution in [1.29, 1.82) is 0 Å². The number of amides is 2. The van der Waals surface area contributed by atoms with Crippen LogP contribution in [0.4, 0.5) is 14.9 Å². The van der Waals surface area contributed by atoms with E-state index in [0.717, 1.165) is 16.8 Å². The third-order valence-corrected chi connectivity index (χ3v) is 3.34. The average Bonchev–Trinajstić information content (AvgIpc) is 2.48. The molecule has 0 aromatic heterocycles. The van der Waals surface area contributed by atoms with E-state index >= 15 is 0 Å². The van der Waals surface area contributed by atoms with Crippen LogP contribution in [0.25, 0.3) is 0 Å². The van der Waals surface area contributed by atoms with Gasteiger partial charge in [-0.1, -0.05) is 29.8 Å². The van der Waals surface area contributed by atoms with E-state index in [-0.39, 0.29) is 12.4 Å². The highest BCUT2D eigenvalue weighted by molar-refractivity contribution is 5.90. The zero-order valence-corrected chi connectivity index (χ0v) is 12.6. The number of aryl methyl sites for hydroxylation is 2. The fourth-order valence-electron chi connectivity index (χ4n) is 2.11. The second kappa shape index (κ2) is 7.04. The van der Waals surface area contributed by atoms with Crippen molar-refractivity contribution in [2.45, 2.75) is 20.0 Å². The van der Waals surface area contributed by atoms with Crippen molar-refractivity contribution in [2.24, 2.45) is 0 Å². The second-order valence-corrected chi connectivity index (χ2v) is 5.22. The van der Waals surface area contributed by atoms with Gasteiger partial charge in [0.25, 0.3) is 0 Å². The lowest BCUT2D eigenvalue weighted by Crippen LogP contribution is -2.32. The Morgan fingerprint density at radius 3 is 2.50 bits per heavy atom. The smallest absolute Gasteiger partial charge is 0.319 e. The molecule has 0 aliphatic rings. The molecule has 2 aromatic carbocycles. The maximum absolute atomic E-state index is 12.8. The number of hydrogen-bond donors (Lipinski definition) is 3. The SMILES string of the molecule is Cc1ccc(NC(=O)NC[C@@H](O)c2ccc(F)cc2)c(C)c1. The third-order valence-electron chi connectivity index (χ3n) is 3.34. The molecule has 0 unspecified atom stereocenters. The van der Waals surface area contributed by atoms with Gasteiger partial charge in [0.15, 0.2) is 0 Å². The maximum Gasteiger partial charge on any atom is 0.319 e. The van der Waals surface area contributed by atoms with Gasteiger partial charge >= 0.3 is 6.03 Å². The third kappa shape index (κ3) is 4.30. The molecule has 0 aliphatic carbocycles. The fourth-order valence-corrected chi connectivity index (χ4v) is 2.11. The minimum Gasteiger partial charge on any atom is -0.387 e. The minimum atomic E-state index is -0.884. The molecular weight excluding hydrogens is 283 g/mol. The first-order chi connectivity index (χ1) is 10.5. The lowest BCUT2D eigenvalue weighted by Gasteiger charge is -2.14. The molecule has 0 aliphatic heterocycles. The first kappa shape index (κ1) is 16.0. The van der Waals surface area contributed by atoms with Crippen LogP contribution in [0.2, 0.25) is 0 Å². The van der Waals surface area contributed by atoms with Crippen molar-refractivity contribution in [3.8, 4) is 0 Å². The first-order valence-electron chi connectivity index (χ1n) is 7.01. The summed E-state index contributed by atoms with van der Waals surface area (Å²) in [4.78, 5) is 11.8. The lowest BCUT2D eigenvalue weighted by molar-refractivity contribution is 0.175. The Balaban J connectivity index is 1.88. The van der Waals surface area contributed by atoms with Crippen LogP contribution in [0.1, 0.15) is 22.8 Å². The standard InChI is InChI=1S/C17H19FN2O2/c1-11-3-8-15(12(2)9-11)20-17(22)19-10-16(21)13-4-6-14(18)7-5-13/h3-9,16,21H,10H2,1-2H3,(H2,19,20,22)/t16-/m1/s1. The molecule has 1 atom stereocenters. The number of benzene rings is 2. The Labute approximate surface area is 129 Å². The normalized spacial score (nSPS) is 11.8. The summed E-state index contributed by atoms with van der Waals surface area (Å²) >= 11 is 0. The van der Waals surface area contributed by atoms with E-state index in [2.05, 4.69) is 10.6 Å². The number of anilines is 1. The quantitative estimate of drug-likeness (QED) is 0.811. The van der Waals surface area contributed by atoms with E-state index in [1.54, 1.807) is 0 Å². The predicted octanol–water partition coefficient (Wildman–Crippen LogP) is 3.30. The monoisotopic (exact) mass is 302 g/mol. The summed E-state index contributed by atoms with van der Waals surface area (Å²) in [6, 6.07) is 10.9. The number of rotatable bonds is 4. The van der Waals surface area contributed by atoms with Gasteiger partial charge in [-0.15, -0.1) is 0 Å². The van der Waals surface area contributed by atoms with E-state index in [1.807, 2.05) is 32.0 Å². The molecule has 2 amide bonds. The van der Waals surface area contributed by atoms with Crippen LogP contribution < -0.4 is 10.6 Å². The van der Waals surface area contributed by atoms with Gasteiger partial charge < -0.3 is 15.7 Å². The molecule has 116 valence electrons. The van der Waals surface area contributed by atoms with Crippen LogP contribution in [0.3, 0.4) is 0 Å². The average molecular weight is 302 g/mol. The Morgan fingerprint density at radius 2 is 1.86 bits per heavy atom. The van der Waals surface area contributed by atoms with Crippen LogP contribution >= 0.6 is 0 Å². The van der Waals surface area contributed by atoms with Crippen molar-refractivity contribution >= 4 is 11.7 Å². The molecule has 0 saturated carbocycles. The largest absolute Gasteiger partial charge is 0.387 e. The molecule has 0 saturated heterocycles. The number of halogens is 1.